The minimum Gasteiger partial charge on any atom is -0.483 e. The van der Waals surface area contributed by atoms with E-state index in [1.807, 2.05) is 76.2 Å². The number of para-hydroxylation sites is 2. The van der Waals surface area contributed by atoms with Crippen LogP contribution >= 0.6 is 0 Å². The molecule has 0 saturated heterocycles. The van der Waals surface area contributed by atoms with Gasteiger partial charge in [0.2, 0.25) is 0 Å². The van der Waals surface area contributed by atoms with Crippen LogP contribution in [0.3, 0.4) is 0 Å². The SMILES string of the molecule is Cc1cccc(C)c1OCC(=O)N(c1ccccc1)C(C)C. The van der Waals surface area contributed by atoms with Gasteiger partial charge < -0.3 is 9.64 Å². The van der Waals surface area contributed by atoms with Crippen LogP contribution in [-0.4, -0.2) is 18.6 Å². The number of hydrogen-bond donors (Lipinski definition) is 0. The molecule has 2 rings (SSSR count). The van der Waals surface area contributed by atoms with Gasteiger partial charge in [-0.15, -0.1) is 0 Å². The van der Waals surface area contributed by atoms with Gasteiger partial charge >= 0.3 is 0 Å². The van der Waals surface area contributed by atoms with Crippen molar-refractivity contribution in [2.75, 3.05) is 11.5 Å². The summed E-state index contributed by atoms with van der Waals surface area (Å²) >= 11 is 0. The van der Waals surface area contributed by atoms with E-state index in [9.17, 15) is 4.79 Å². The van der Waals surface area contributed by atoms with Crippen molar-refractivity contribution >= 4 is 11.6 Å². The number of nitrogens with zero attached hydrogens (tertiary/aromatic N) is 1. The van der Waals surface area contributed by atoms with Gasteiger partial charge in [-0.3, -0.25) is 4.79 Å². The number of anilines is 1. The molecule has 22 heavy (non-hydrogen) atoms. The predicted molar refractivity (Wildman–Crippen MR) is 90.5 cm³/mol. The van der Waals surface area contributed by atoms with E-state index in [0.717, 1.165) is 22.6 Å². The number of aryl methyl sites for hydroxylation is 2. The first-order valence-corrected chi connectivity index (χ1v) is 7.57. The van der Waals surface area contributed by atoms with Gasteiger partial charge in [0.1, 0.15) is 5.75 Å². The van der Waals surface area contributed by atoms with Crippen LogP contribution in [0.4, 0.5) is 5.69 Å². The minimum absolute atomic E-state index is 0.0381. The third-order valence-electron chi connectivity index (χ3n) is 3.57. The average molecular weight is 297 g/mol. The molecule has 0 aliphatic heterocycles. The Labute approximate surface area is 132 Å². The Hall–Kier alpha value is -2.29. The average Bonchev–Trinajstić information content (AvgIpc) is 2.47. The number of hydrogen-bond acceptors (Lipinski definition) is 2. The second-order valence-corrected chi connectivity index (χ2v) is 5.70. The maximum atomic E-state index is 12.6. The highest BCUT2D eigenvalue weighted by atomic mass is 16.5. The van der Waals surface area contributed by atoms with Crippen molar-refractivity contribution in [3.05, 3.63) is 59.7 Å². The molecule has 0 aliphatic rings. The normalized spacial score (nSPS) is 10.6. The lowest BCUT2D eigenvalue weighted by Gasteiger charge is -2.27. The van der Waals surface area contributed by atoms with Crippen molar-refractivity contribution in [2.45, 2.75) is 33.7 Å². The summed E-state index contributed by atoms with van der Waals surface area (Å²) in [5, 5.41) is 0. The first-order chi connectivity index (χ1) is 10.5. The molecule has 3 heteroatoms. The van der Waals surface area contributed by atoms with E-state index in [0.29, 0.717) is 0 Å². The van der Waals surface area contributed by atoms with Gasteiger partial charge in [0.05, 0.1) is 0 Å². The van der Waals surface area contributed by atoms with Crippen molar-refractivity contribution in [1.82, 2.24) is 0 Å². The molecule has 0 fully saturated rings. The van der Waals surface area contributed by atoms with Crippen molar-refractivity contribution in [1.29, 1.82) is 0 Å². The standard InChI is InChI=1S/C19H23NO2/c1-14(2)20(17-11-6-5-7-12-17)18(21)13-22-19-15(3)9-8-10-16(19)4/h5-12,14H,13H2,1-4H3. The largest absolute Gasteiger partial charge is 0.483 e. The molecule has 2 aromatic carbocycles. The molecule has 0 saturated carbocycles. The zero-order valence-corrected chi connectivity index (χ0v) is 13.7. The molecule has 0 bridgehead atoms. The topological polar surface area (TPSA) is 29.5 Å². The van der Waals surface area contributed by atoms with Gasteiger partial charge in [0.15, 0.2) is 6.61 Å². The molecule has 0 spiro atoms. The molecular formula is C19H23NO2. The molecule has 0 heterocycles. The summed E-state index contributed by atoms with van der Waals surface area (Å²) in [6.45, 7) is 8.03. The van der Waals surface area contributed by atoms with Crippen LogP contribution in [0.25, 0.3) is 0 Å². The Morgan fingerprint density at radius 1 is 1.00 bits per heavy atom. The second-order valence-electron chi connectivity index (χ2n) is 5.70. The van der Waals surface area contributed by atoms with E-state index in [2.05, 4.69) is 0 Å². The van der Waals surface area contributed by atoms with Gasteiger partial charge in [-0.2, -0.15) is 0 Å². The fourth-order valence-electron chi connectivity index (χ4n) is 2.55. The summed E-state index contributed by atoms with van der Waals surface area (Å²) < 4.78 is 5.79. The fourth-order valence-corrected chi connectivity index (χ4v) is 2.55. The van der Waals surface area contributed by atoms with Gasteiger partial charge in [0.25, 0.3) is 5.91 Å². The third kappa shape index (κ3) is 3.67. The highest BCUT2D eigenvalue weighted by Crippen LogP contribution is 2.23. The van der Waals surface area contributed by atoms with Crippen molar-refractivity contribution in [2.24, 2.45) is 0 Å². The monoisotopic (exact) mass is 297 g/mol. The zero-order chi connectivity index (χ0) is 16.1. The summed E-state index contributed by atoms with van der Waals surface area (Å²) in [4.78, 5) is 14.4. The summed E-state index contributed by atoms with van der Waals surface area (Å²) in [6.07, 6.45) is 0. The van der Waals surface area contributed by atoms with Crippen LogP contribution in [0.1, 0.15) is 25.0 Å². The number of carbonyl (C=O) groups is 1. The number of rotatable bonds is 5. The molecule has 3 nitrogen and oxygen atoms in total. The maximum absolute atomic E-state index is 12.6. The molecule has 0 N–H and O–H groups in total. The summed E-state index contributed by atoms with van der Waals surface area (Å²) in [7, 11) is 0. The molecule has 0 atom stereocenters. The second kappa shape index (κ2) is 7.12. The Morgan fingerprint density at radius 3 is 2.14 bits per heavy atom. The molecule has 116 valence electrons. The number of carbonyl (C=O) groups excluding carboxylic acids is 1. The quantitative estimate of drug-likeness (QED) is 0.830. The predicted octanol–water partition coefficient (Wildman–Crippen LogP) is 4.12. The van der Waals surface area contributed by atoms with Gasteiger partial charge in [-0.05, 0) is 51.0 Å². The first-order valence-electron chi connectivity index (χ1n) is 7.57. The van der Waals surface area contributed by atoms with Gasteiger partial charge in [0, 0.05) is 11.7 Å². The zero-order valence-electron chi connectivity index (χ0n) is 13.7. The molecule has 0 aliphatic carbocycles. The van der Waals surface area contributed by atoms with Crippen molar-refractivity contribution in [3.63, 3.8) is 0 Å². The Balaban J connectivity index is 2.13. The fraction of sp³-hybridized carbons (Fsp3) is 0.316. The number of benzene rings is 2. The van der Waals surface area contributed by atoms with Crippen LogP contribution in [0.5, 0.6) is 5.75 Å². The lowest BCUT2D eigenvalue weighted by molar-refractivity contribution is -0.120. The molecule has 0 unspecified atom stereocenters. The third-order valence-corrected chi connectivity index (χ3v) is 3.57. The molecule has 0 aromatic heterocycles. The van der Waals surface area contributed by atoms with Crippen LogP contribution in [0.2, 0.25) is 0 Å². The number of amides is 1. The van der Waals surface area contributed by atoms with Crippen LogP contribution in [-0.2, 0) is 4.79 Å². The molecule has 2 aromatic rings. The van der Waals surface area contributed by atoms with Crippen LogP contribution in [0.15, 0.2) is 48.5 Å². The maximum Gasteiger partial charge on any atom is 0.265 e. The highest BCUT2D eigenvalue weighted by molar-refractivity contribution is 5.94. The van der Waals surface area contributed by atoms with E-state index in [1.165, 1.54) is 0 Å². The Morgan fingerprint density at radius 2 is 1.59 bits per heavy atom. The summed E-state index contributed by atoms with van der Waals surface area (Å²) in [6, 6.07) is 15.7. The van der Waals surface area contributed by atoms with Gasteiger partial charge in [-0.1, -0.05) is 36.4 Å². The van der Waals surface area contributed by atoms with Gasteiger partial charge in [-0.25, -0.2) is 0 Å². The van der Waals surface area contributed by atoms with Crippen LogP contribution in [0, 0.1) is 13.8 Å². The molecule has 1 amide bonds. The van der Waals surface area contributed by atoms with Crippen molar-refractivity contribution in [3.8, 4) is 5.75 Å². The van der Waals surface area contributed by atoms with E-state index in [4.69, 9.17) is 4.74 Å². The number of ether oxygens (including phenoxy) is 1. The van der Waals surface area contributed by atoms with E-state index in [-0.39, 0.29) is 18.6 Å². The lowest BCUT2D eigenvalue weighted by atomic mass is 10.1. The molecule has 0 radical (unpaired) electrons. The minimum atomic E-state index is -0.0381. The lowest BCUT2D eigenvalue weighted by Crippen LogP contribution is -2.40. The Kier molecular flexibility index (Phi) is 5.21. The van der Waals surface area contributed by atoms with E-state index in [1.54, 1.807) is 4.90 Å². The Bertz CT molecular complexity index is 615. The van der Waals surface area contributed by atoms with E-state index >= 15 is 0 Å². The van der Waals surface area contributed by atoms with Crippen molar-refractivity contribution < 1.29 is 9.53 Å². The van der Waals surface area contributed by atoms with Crippen LogP contribution < -0.4 is 9.64 Å². The summed E-state index contributed by atoms with van der Waals surface area (Å²) in [5.41, 5.74) is 2.99. The highest BCUT2D eigenvalue weighted by Gasteiger charge is 2.19. The molecular weight excluding hydrogens is 274 g/mol. The first kappa shape index (κ1) is 16.1. The smallest absolute Gasteiger partial charge is 0.265 e. The summed E-state index contributed by atoms with van der Waals surface area (Å²) in [5.74, 6) is 0.761. The van der Waals surface area contributed by atoms with E-state index < -0.39 is 0 Å².